The van der Waals surface area contributed by atoms with Gasteiger partial charge in [0.2, 0.25) is 6.08 Å². The van der Waals surface area contributed by atoms with Crippen LogP contribution in [0, 0.1) is 0 Å². The monoisotopic (exact) mass is 158 g/mol. The SMILES string of the molecule is CCOC1CNC1.CN=C=O. The standard InChI is InChI=1S/C5H11NO.C2H3NO/c1-2-7-5-3-6-4-5;1-3-2-4/h5-6H,2-4H2,1H3;1H3. The van der Waals surface area contributed by atoms with Gasteiger partial charge in [0.15, 0.2) is 0 Å². The normalized spacial score (nSPS) is 15.5. The fraction of sp³-hybridized carbons (Fsp3) is 0.857. The highest BCUT2D eigenvalue weighted by atomic mass is 16.5. The highest BCUT2D eigenvalue weighted by Crippen LogP contribution is 1.95. The van der Waals surface area contributed by atoms with Gasteiger partial charge in [-0.05, 0) is 6.92 Å². The molecule has 0 aliphatic carbocycles. The zero-order chi connectivity index (χ0) is 8.53. The Balaban J connectivity index is 0.000000218. The largest absolute Gasteiger partial charge is 0.376 e. The van der Waals surface area contributed by atoms with Crippen LogP contribution in [0.3, 0.4) is 0 Å². The van der Waals surface area contributed by atoms with Crippen LogP contribution in [0.1, 0.15) is 6.92 Å². The minimum atomic E-state index is 0.519. The molecule has 1 heterocycles. The first-order valence-electron chi connectivity index (χ1n) is 3.63. The zero-order valence-electron chi connectivity index (χ0n) is 6.96. The van der Waals surface area contributed by atoms with E-state index in [0.29, 0.717) is 6.10 Å². The first kappa shape index (κ1) is 10.3. The second-order valence-electron chi connectivity index (χ2n) is 2.05. The van der Waals surface area contributed by atoms with E-state index in [0.717, 1.165) is 19.7 Å². The molecule has 1 saturated heterocycles. The van der Waals surface area contributed by atoms with Crippen LogP contribution in [0.15, 0.2) is 4.99 Å². The summed E-state index contributed by atoms with van der Waals surface area (Å²) in [5, 5.41) is 3.12. The molecule has 0 saturated carbocycles. The summed E-state index contributed by atoms with van der Waals surface area (Å²) < 4.78 is 5.22. The number of hydrogen-bond acceptors (Lipinski definition) is 4. The highest BCUT2D eigenvalue weighted by molar-refractivity contribution is 5.32. The summed E-state index contributed by atoms with van der Waals surface area (Å²) >= 11 is 0. The molecule has 1 rings (SSSR count). The van der Waals surface area contributed by atoms with Gasteiger partial charge in [0.1, 0.15) is 0 Å². The molecule has 4 nitrogen and oxygen atoms in total. The Morgan fingerprint density at radius 1 is 1.73 bits per heavy atom. The Bertz CT molecular complexity index is 128. The molecule has 1 fully saturated rings. The molecule has 64 valence electrons. The number of nitrogens with zero attached hydrogens (tertiary/aromatic N) is 1. The van der Waals surface area contributed by atoms with Gasteiger partial charge in [-0.25, -0.2) is 9.79 Å². The number of hydrogen-bond donors (Lipinski definition) is 1. The van der Waals surface area contributed by atoms with Crippen molar-refractivity contribution in [3.05, 3.63) is 0 Å². The van der Waals surface area contributed by atoms with Crippen molar-refractivity contribution in [3.63, 3.8) is 0 Å². The Morgan fingerprint density at radius 2 is 2.27 bits per heavy atom. The smallest absolute Gasteiger partial charge is 0.234 e. The summed E-state index contributed by atoms with van der Waals surface area (Å²) in [5.74, 6) is 0. The first-order chi connectivity index (χ1) is 5.35. The fourth-order valence-electron chi connectivity index (χ4n) is 0.616. The summed E-state index contributed by atoms with van der Waals surface area (Å²) in [6.07, 6.45) is 1.82. The average molecular weight is 158 g/mol. The molecule has 4 heteroatoms. The predicted octanol–water partition coefficient (Wildman–Crippen LogP) is -0.0533. The van der Waals surface area contributed by atoms with Crippen LogP contribution in [-0.4, -0.2) is 38.9 Å². The lowest BCUT2D eigenvalue weighted by Gasteiger charge is -2.26. The second kappa shape index (κ2) is 7.41. The van der Waals surface area contributed by atoms with E-state index in [2.05, 4.69) is 10.3 Å². The first-order valence-corrected chi connectivity index (χ1v) is 3.63. The number of isocyanates is 1. The van der Waals surface area contributed by atoms with Gasteiger partial charge in [0.05, 0.1) is 6.10 Å². The van der Waals surface area contributed by atoms with Crippen LogP contribution < -0.4 is 5.32 Å². The maximum absolute atomic E-state index is 8.88. The van der Waals surface area contributed by atoms with Gasteiger partial charge in [-0.2, -0.15) is 0 Å². The highest BCUT2D eigenvalue weighted by Gasteiger charge is 2.14. The summed E-state index contributed by atoms with van der Waals surface area (Å²) in [5.41, 5.74) is 0. The summed E-state index contributed by atoms with van der Waals surface area (Å²) in [6, 6.07) is 0. The molecule has 0 spiro atoms. The maximum Gasteiger partial charge on any atom is 0.234 e. The molecule has 0 unspecified atom stereocenters. The molecule has 11 heavy (non-hydrogen) atoms. The summed E-state index contributed by atoms with van der Waals surface area (Å²) in [6.45, 7) is 4.98. The van der Waals surface area contributed by atoms with Crippen LogP contribution in [0.5, 0.6) is 0 Å². The van der Waals surface area contributed by atoms with E-state index in [-0.39, 0.29) is 0 Å². The third-order valence-electron chi connectivity index (χ3n) is 1.24. The van der Waals surface area contributed by atoms with Crippen molar-refractivity contribution in [1.29, 1.82) is 0 Å². The van der Waals surface area contributed by atoms with E-state index < -0.39 is 0 Å². The lowest BCUT2D eigenvalue weighted by Crippen LogP contribution is -2.48. The van der Waals surface area contributed by atoms with Crippen LogP contribution >= 0.6 is 0 Å². The van der Waals surface area contributed by atoms with Crippen molar-refractivity contribution in [2.24, 2.45) is 4.99 Å². The minimum Gasteiger partial charge on any atom is -0.376 e. The van der Waals surface area contributed by atoms with E-state index in [1.165, 1.54) is 13.1 Å². The molecule has 0 amide bonds. The third-order valence-corrected chi connectivity index (χ3v) is 1.24. The maximum atomic E-state index is 8.88. The quantitative estimate of drug-likeness (QED) is 0.452. The third kappa shape index (κ3) is 5.73. The van der Waals surface area contributed by atoms with Gasteiger partial charge < -0.3 is 10.1 Å². The molecule has 1 N–H and O–H groups in total. The van der Waals surface area contributed by atoms with Crippen molar-refractivity contribution < 1.29 is 9.53 Å². The fourth-order valence-corrected chi connectivity index (χ4v) is 0.616. The Labute approximate surface area is 66.6 Å². The molecule has 0 bridgehead atoms. The van der Waals surface area contributed by atoms with Gasteiger partial charge in [0, 0.05) is 26.7 Å². The number of carbonyl (C=O) groups excluding carboxylic acids is 1. The second-order valence-corrected chi connectivity index (χ2v) is 2.05. The van der Waals surface area contributed by atoms with Crippen LogP contribution in [0.25, 0.3) is 0 Å². The molecule has 0 aromatic heterocycles. The number of rotatable bonds is 2. The summed E-state index contributed by atoms with van der Waals surface area (Å²) in [4.78, 5) is 11.8. The van der Waals surface area contributed by atoms with Crippen molar-refractivity contribution in [2.75, 3.05) is 26.7 Å². The van der Waals surface area contributed by atoms with Gasteiger partial charge >= 0.3 is 0 Å². The Morgan fingerprint density at radius 3 is 2.36 bits per heavy atom. The van der Waals surface area contributed by atoms with Crippen molar-refractivity contribution >= 4 is 6.08 Å². The van der Waals surface area contributed by atoms with Gasteiger partial charge in [0.25, 0.3) is 0 Å². The van der Waals surface area contributed by atoms with E-state index in [4.69, 9.17) is 9.53 Å². The van der Waals surface area contributed by atoms with Crippen LogP contribution in [0.2, 0.25) is 0 Å². The van der Waals surface area contributed by atoms with Gasteiger partial charge in [-0.1, -0.05) is 0 Å². The zero-order valence-corrected chi connectivity index (χ0v) is 6.96. The molecule has 0 atom stereocenters. The Hall–Kier alpha value is -0.700. The topological polar surface area (TPSA) is 50.7 Å². The molecule has 1 aliphatic rings. The number of aliphatic imine (C=N–C) groups is 1. The van der Waals surface area contributed by atoms with Gasteiger partial charge in [-0.15, -0.1) is 0 Å². The average Bonchev–Trinajstić information content (AvgIpc) is 1.97. The molecule has 0 aromatic carbocycles. The molecular formula is C7H14N2O2. The van der Waals surface area contributed by atoms with Crippen molar-refractivity contribution in [3.8, 4) is 0 Å². The van der Waals surface area contributed by atoms with E-state index in [9.17, 15) is 0 Å². The number of ether oxygens (including phenoxy) is 1. The minimum absolute atomic E-state index is 0.519. The van der Waals surface area contributed by atoms with E-state index in [1.807, 2.05) is 6.92 Å². The molecule has 0 radical (unpaired) electrons. The Kier molecular flexibility index (Phi) is 6.94. The van der Waals surface area contributed by atoms with E-state index >= 15 is 0 Å². The molecule has 0 aromatic rings. The van der Waals surface area contributed by atoms with Crippen LogP contribution in [-0.2, 0) is 9.53 Å². The lowest BCUT2D eigenvalue weighted by atomic mass is 10.2. The predicted molar refractivity (Wildman–Crippen MR) is 42.3 cm³/mol. The van der Waals surface area contributed by atoms with Crippen molar-refractivity contribution in [1.82, 2.24) is 5.32 Å². The summed E-state index contributed by atoms with van der Waals surface area (Å²) in [7, 11) is 1.38. The van der Waals surface area contributed by atoms with Crippen molar-refractivity contribution in [2.45, 2.75) is 13.0 Å². The van der Waals surface area contributed by atoms with Gasteiger partial charge in [-0.3, -0.25) is 0 Å². The van der Waals surface area contributed by atoms with Crippen LogP contribution in [0.4, 0.5) is 0 Å². The molecule has 1 aliphatic heterocycles. The number of nitrogens with one attached hydrogen (secondary N) is 1. The van der Waals surface area contributed by atoms with E-state index in [1.54, 1.807) is 0 Å². The molecular weight excluding hydrogens is 144 g/mol. The lowest BCUT2D eigenvalue weighted by molar-refractivity contribution is 0.0270.